The topological polar surface area (TPSA) is 61.8 Å². The van der Waals surface area contributed by atoms with Crippen molar-refractivity contribution in [3.05, 3.63) is 58.4 Å². The number of hydrogen-bond acceptors (Lipinski definition) is 4. The van der Waals surface area contributed by atoms with Crippen molar-refractivity contribution in [2.75, 3.05) is 12.4 Å². The monoisotopic (exact) mass is 419 g/mol. The van der Waals surface area contributed by atoms with Gasteiger partial charge < -0.3 is 5.32 Å². The van der Waals surface area contributed by atoms with Gasteiger partial charge in [0.15, 0.2) is 5.17 Å². The number of aryl methyl sites for hydroxylation is 2. The first kappa shape index (κ1) is 20.4. The Kier molecular flexibility index (Phi) is 6.05. The Morgan fingerprint density at radius 1 is 1.25 bits per heavy atom. The summed E-state index contributed by atoms with van der Waals surface area (Å²) in [7, 11) is 1.60. The maximum Gasteiger partial charge on any atom is 0.242 e. The van der Waals surface area contributed by atoms with Gasteiger partial charge in [0.2, 0.25) is 11.8 Å². The van der Waals surface area contributed by atoms with Gasteiger partial charge in [0, 0.05) is 19.2 Å². The molecule has 1 fully saturated rings. The predicted octanol–water partition coefficient (Wildman–Crippen LogP) is 4.69. The van der Waals surface area contributed by atoms with E-state index in [0.29, 0.717) is 16.5 Å². The van der Waals surface area contributed by atoms with Gasteiger partial charge in [0.25, 0.3) is 0 Å². The highest BCUT2D eigenvalue weighted by molar-refractivity contribution is 8.15. The molecule has 5 nitrogen and oxygen atoms in total. The number of halogens is 2. The van der Waals surface area contributed by atoms with Crippen LogP contribution in [0, 0.1) is 19.7 Å². The molecule has 1 aliphatic rings. The number of hydrogen-bond donors (Lipinski definition) is 1. The van der Waals surface area contributed by atoms with Gasteiger partial charge in [0.05, 0.1) is 10.7 Å². The van der Waals surface area contributed by atoms with Crippen molar-refractivity contribution in [3.63, 3.8) is 0 Å². The highest BCUT2D eigenvalue weighted by Gasteiger charge is 2.37. The summed E-state index contributed by atoms with van der Waals surface area (Å²) in [5, 5.41) is 2.67. The molecule has 1 atom stereocenters. The van der Waals surface area contributed by atoms with Crippen LogP contribution in [0.4, 0.5) is 15.8 Å². The zero-order valence-electron chi connectivity index (χ0n) is 15.6. The normalized spacial score (nSPS) is 18.0. The molecule has 1 N–H and O–H groups in total. The molecule has 0 radical (unpaired) electrons. The van der Waals surface area contributed by atoms with Crippen molar-refractivity contribution in [1.29, 1.82) is 0 Å². The Morgan fingerprint density at radius 2 is 2.00 bits per heavy atom. The lowest BCUT2D eigenvalue weighted by Gasteiger charge is -2.10. The SMILES string of the molecule is Cc1ccc(NC(=O)C[C@H]2SC(=Nc3ccc(F)c(Cl)c3)N(C)C2=O)cc1C. The number of amidine groups is 1. The molecule has 0 saturated carbocycles. The molecule has 2 aromatic rings. The molecule has 3 rings (SSSR count). The average molecular weight is 420 g/mol. The molecule has 2 aromatic carbocycles. The van der Waals surface area contributed by atoms with E-state index in [9.17, 15) is 14.0 Å². The van der Waals surface area contributed by atoms with Crippen LogP contribution in [0.1, 0.15) is 17.5 Å². The third-order valence-electron chi connectivity index (χ3n) is 4.43. The average Bonchev–Trinajstić information content (AvgIpc) is 2.89. The van der Waals surface area contributed by atoms with E-state index in [1.54, 1.807) is 7.05 Å². The standard InChI is InChI=1S/C20H19ClFN3O2S/c1-11-4-5-13(8-12(11)2)23-18(26)10-17-19(27)25(3)20(28-17)24-14-6-7-16(22)15(21)9-14/h4-9,17H,10H2,1-3H3,(H,23,26)/t17-/m1/s1. The van der Waals surface area contributed by atoms with E-state index in [2.05, 4.69) is 10.3 Å². The van der Waals surface area contributed by atoms with Gasteiger partial charge in [-0.15, -0.1) is 0 Å². The van der Waals surface area contributed by atoms with Crippen molar-refractivity contribution >= 4 is 51.7 Å². The molecular formula is C20H19ClFN3O2S. The van der Waals surface area contributed by atoms with E-state index >= 15 is 0 Å². The van der Waals surface area contributed by atoms with Gasteiger partial charge >= 0.3 is 0 Å². The van der Waals surface area contributed by atoms with E-state index in [-0.39, 0.29) is 23.3 Å². The fourth-order valence-corrected chi connectivity index (χ4v) is 3.99. The Bertz CT molecular complexity index is 980. The highest BCUT2D eigenvalue weighted by Crippen LogP contribution is 2.31. The number of rotatable bonds is 4. The summed E-state index contributed by atoms with van der Waals surface area (Å²) in [6.07, 6.45) is 0.0317. The summed E-state index contributed by atoms with van der Waals surface area (Å²) in [6, 6.07) is 9.76. The number of nitrogens with zero attached hydrogens (tertiary/aromatic N) is 2. The molecule has 1 saturated heterocycles. The number of amides is 2. The fraction of sp³-hybridized carbons (Fsp3) is 0.250. The number of carbonyl (C=O) groups is 2. The summed E-state index contributed by atoms with van der Waals surface area (Å²) >= 11 is 6.98. The smallest absolute Gasteiger partial charge is 0.242 e. The first-order chi connectivity index (χ1) is 13.2. The predicted molar refractivity (Wildman–Crippen MR) is 112 cm³/mol. The second kappa shape index (κ2) is 8.32. The van der Waals surface area contributed by atoms with Crippen LogP contribution in [0.25, 0.3) is 0 Å². The van der Waals surface area contributed by atoms with E-state index in [4.69, 9.17) is 11.6 Å². The van der Waals surface area contributed by atoms with Gasteiger partial charge in [-0.25, -0.2) is 9.38 Å². The van der Waals surface area contributed by atoms with Gasteiger partial charge in [0.1, 0.15) is 11.1 Å². The van der Waals surface area contributed by atoms with Crippen molar-refractivity contribution in [2.24, 2.45) is 4.99 Å². The summed E-state index contributed by atoms with van der Waals surface area (Å²) in [5.41, 5.74) is 3.36. The highest BCUT2D eigenvalue weighted by atomic mass is 35.5. The molecule has 0 spiro atoms. The van der Waals surface area contributed by atoms with Gasteiger partial charge in [-0.05, 0) is 55.3 Å². The second-order valence-corrected chi connectivity index (χ2v) is 8.12. The number of thioether (sulfide) groups is 1. The van der Waals surface area contributed by atoms with Crippen LogP contribution >= 0.6 is 23.4 Å². The minimum Gasteiger partial charge on any atom is -0.326 e. The number of anilines is 1. The molecule has 2 amide bonds. The van der Waals surface area contributed by atoms with Crippen LogP contribution in [0.3, 0.4) is 0 Å². The first-order valence-corrected chi connectivity index (χ1v) is 9.85. The Balaban J connectivity index is 1.68. The lowest BCUT2D eigenvalue weighted by atomic mass is 10.1. The van der Waals surface area contributed by atoms with Crippen molar-refractivity contribution in [2.45, 2.75) is 25.5 Å². The van der Waals surface area contributed by atoms with Gasteiger partial charge in [-0.1, -0.05) is 29.4 Å². The lowest BCUT2D eigenvalue weighted by Crippen LogP contribution is -2.30. The molecule has 0 aliphatic carbocycles. The molecule has 1 heterocycles. The molecule has 1 aliphatic heterocycles. The van der Waals surface area contributed by atoms with Crippen LogP contribution in [0.15, 0.2) is 41.4 Å². The van der Waals surface area contributed by atoms with E-state index in [1.807, 2.05) is 32.0 Å². The van der Waals surface area contributed by atoms with Crippen LogP contribution in [-0.4, -0.2) is 34.2 Å². The third kappa shape index (κ3) is 4.54. The first-order valence-electron chi connectivity index (χ1n) is 8.59. The van der Waals surface area contributed by atoms with Gasteiger partial charge in [-0.2, -0.15) is 0 Å². The number of benzene rings is 2. The zero-order chi connectivity index (χ0) is 20.4. The maximum absolute atomic E-state index is 13.3. The summed E-state index contributed by atoms with van der Waals surface area (Å²) in [6.45, 7) is 3.97. The molecule has 0 unspecified atom stereocenters. The largest absolute Gasteiger partial charge is 0.326 e. The minimum absolute atomic E-state index is 0.0317. The number of nitrogens with one attached hydrogen (secondary N) is 1. The van der Waals surface area contributed by atoms with Gasteiger partial charge in [-0.3, -0.25) is 14.5 Å². The van der Waals surface area contributed by atoms with Crippen LogP contribution in [-0.2, 0) is 9.59 Å². The van der Waals surface area contributed by atoms with Crippen molar-refractivity contribution in [3.8, 4) is 0 Å². The number of carbonyl (C=O) groups excluding carboxylic acids is 2. The fourth-order valence-electron chi connectivity index (χ4n) is 2.66. The maximum atomic E-state index is 13.3. The summed E-state index contributed by atoms with van der Waals surface area (Å²) in [5.74, 6) is -0.976. The van der Waals surface area contributed by atoms with E-state index < -0.39 is 11.1 Å². The summed E-state index contributed by atoms with van der Waals surface area (Å²) < 4.78 is 13.3. The molecule has 0 aromatic heterocycles. The third-order valence-corrected chi connectivity index (χ3v) is 5.95. The van der Waals surface area contributed by atoms with Crippen LogP contribution < -0.4 is 5.32 Å². The molecule has 8 heteroatoms. The van der Waals surface area contributed by atoms with E-state index in [0.717, 1.165) is 11.1 Å². The van der Waals surface area contributed by atoms with Crippen LogP contribution in [0.2, 0.25) is 5.02 Å². The Hall–Kier alpha value is -2.38. The van der Waals surface area contributed by atoms with Crippen molar-refractivity contribution < 1.29 is 14.0 Å². The zero-order valence-corrected chi connectivity index (χ0v) is 17.2. The minimum atomic E-state index is -0.564. The summed E-state index contributed by atoms with van der Waals surface area (Å²) in [4.78, 5) is 30.6. The van der Waals surface area contributed by atoms with Crippen molar-refractivity contribution in [1.82, 2.24) is 4.90 Å². The molecular weight excluding hydrogens is 401 g/mol. The number of aliphatic imine (C=N–C) groups is 1. The Labute approximate surface area is 172 Å². The molecule has 28 heavy (non-hydrogen) atoms. The quantitative estimate of drug-likeness (QED) is 0.782. The molecule has 0 bridgehead atoms. The van der Waals surface area contributed by atoms with E-state index in [1.165, 1.54) is 34.9 Å². The second-order valence-electron chi connectivity index (χ2n) is 6.55. The lowest BCUT2D eigenvalue weighted by molar-refractivity contribution is -0.127. The molecule has 146 valence electrons. The Morgan fingerprint density at radius 3 is 2.68 bits per heavy atom. The van der Waals surface area contributed by atoms with Crippen LogP contribution in [0.5, 0.6) is 0 Å².